The molecule has 1 N–H and O–H groups in total. The second-order valence-electron chi connectivity index (χ2n) is 6.10. The molecule has 162 valence electrons. The van der Waals surface area contributed by atoms with Gasteiger partial charge in [-0.25, -0.2) is 4.98 Å². The number of ether oxygens (including phenoxy) is 2. The Morgan fingerprint density at radius 2 is 1.90 bits per heavy atom. The Bertz CT molecular complexity index is 874. The Morgan fingerprint density at radius 1 is 1.17 bits per heavy atom. The molecule has 0 saturated heterocycles. The number of alkyl halides is 3. The number of hydrogen-bond donors (Lipinski definition) is 1. The van der Waals surface area contributed by atoms with Crippen molar-refractivity contribution in [2.45, 2.75) is 13.1 Å². The van der Waals surface area contributed by atoms with E-state index < -0.39 is 30.1 Å². The number of carbonyl (C=O) groups is 2. The van der Waals surface area contributed by atoms with Crippen LogP contribution in [0.1, 0.15) is 22.8 Å². The van der Waals surface area contributed by atoms with Gasteiger partial charge < -0.3 is 19.7 Å². The van der Waals surface area contributed by atoms with Gasteiger partial charge in [-0.05, 0) is 31.2 Å². The lowest BCUT2D eigenvalue weighted by Crippen LogP contribution is -2.40. The van der Waals surface area contributed by atoms with E-state index >= 15 is 0 Å². The highest BCUT2D eigenvalue weighted by Crippen LogP contribution is 2.34. The first kappa shape index (κ1) is 23.1. The lowest BCUT2D eigenvalue weighted by molar-refractivity contribution is -0.137. The first-order valence-corrected chi connectivity index (χ1v) is 9.10. The van der Waals surface area contributed by atoms with Crippen LogP contribution in [0.15, 0.2) is 42.6 Å². The first-order valence-electron chi connectivity index (χ1n) is 9.10. The maximum Gasteiger partial charge on any atom is 0.418 e. The lowest BCUT2D eigenvalue weighted by Gasteiger charge is -2.23. The van der Waals surface area contributed by atoms with E-state index in [9.17, 15) is 22.8 Å². The first-order chi connectivity index (χ1) is 14.3. The Morgan fingerprint density at radius 3 is 2.57 bits per heavy atom. The van der Waals surface area contributed by atoms with Crippen LogP contribution in [0.4, 0.5) is 18.9 Å². The maximum atomic E-state index is 13.1. The molecule has 0 bridgehead atoms. The number of hydrogen-bond acceptors (Lipinski definition) is 5. The van der Waals surface area contributed by atoms with Gasteiger partial charge in [-0.2, -0.15) is 13.2 Å². The highest BCUT2D eigenvalue weighted by molar-refractivity contribution is 6.00. The van der Waals surface area contributed by atoms with Gasteiger partial charge in [0.05, 0.1) is 24.5 Å². The molecular weight excluding hydrogens is 403 g/mol. The van der Waals surface area contributed by atoms with Crippen LogP contribution < -0.4 is 10.1 Å². The molecule has 2 rings (SSSR count). The molecule has 2 amide bonds. The molecule has 0 fully saturated rings. The number of halogens is 3. The monoisotopic (exact) mass is 425 g/mol. The van der Waals surface area contributed by atoms with E-state index in [1.807, 2.05) is 0 Å². The number of nitrogens with zero attached hydrogens (tertiary/aromatic N) is 2. The highest BCUT2D eigenvalue weighted by Gasteiger charge is 2.33. The van der Waals surface area contributed by atoms with Gasteiger partial charge in [0.1, 0.15) is 12.1 Å². The molecule has 0 aliphatic carbocycles. The molecule has 1 aromatic carbocycles. The van der Waals surface area contributed by atoms with Crippen LogP contribution in [-0.4, -0.2) is 55.1 Å². The van der Waals surface area contributed by atoms with Crippen LogP contribution in [0.5, 0.6) is 5.88 Å². The molecular formula is C20H22F3N3O4. The molecule has 0 spiro atoms. The Labute approximate surface area is 171 Å². The topological polar surface area (TPSA) is 80.8 Å². The lowest BCUT2D eigenvalue weighted by atomic mass is 10.1. The summed E-state index contributed by atoms with van der Waals surface area (Å²) in [5.41, 5.74) is -1.22. The van der Waals surface area contributed by atoms with E-state index in [0.717, 1.165) is 17.0 Å². The summed E-state index contributed by atoms with van der Waals surface area (Å²) in [6, 6.07) is 7.66. The van der Waals surface area contributed by atoms with Gasteiger partial charge in [0.25, 0.3) is 5.91 Å². The number of anilines is 1. The molecule has 0 atom stereocenters. The summed E-state index contributed by atoms with van der Waals surface area (Å²) in [5.74, 6) is -1.23. The number of aromatic nitrogens is 1. The van der Waals surface area contributed by atoms with E-state index in [4.69, 9.17) is 9.47 Å². The molecule has 10 heteroatoms. The molecule has 1 heterocycles. The van der Waals surface area contributed by atoms with E-state index in [-0.39, 0.29) is 36.9 Å². The van der Waals surface area contributed by atoms with Gasteiger partial charge >= 0.3 is 6.18 Å². The summed E-state index contributed by atoms with van der Waals surface area (Å²) >= 11 is 0. The second kappa shape index (κ2) is 10.6. The van der Waals surface area contributed by atoms with Crippen LogP contribution >= 0.6 is 0 Å². The van der Waals surface area contributed by atoms with E-state index in [1.165, 1.54) is 31.5 Å². The van der Waals surface area contributed by atoms with Crippen LogP contribution in [-0.2, 0) is 15.7 Å². The fraction of sp³-hybridized carbons (Fsp3) is 0.350. The number of carbonyl (C=O) groups excluding carboxylic acids is 2. The van der Waals surface area contributed by atoms with Crippen molar-refractivity contribution in [1.82, 2.24) is 9.88 Å². The van der Waals surface area contributed by atoms with Gasteiger partial charge in [-0.15, -0.1) is 0 Å². The third-order valence-corrected chi connectivity index (χ3v) is 3.98. The molecule has 0 radical (unpaired) electrons. The van der Waals surface area contributed by atoms with Gasteiger partial charge in [0.15, 0.2) is 0 Å². The minimum Gasteiger partial charge on any atom is -0.477 e. The number of pyridine rings is 1. The number of para-hydroxylation sites is 1. The quantitative estimate of drug-likeness (QED) is 0.667. The summed E-state index contributed by atoms with van der Waals surface area (Å²) in [4.78, 5) is 30.6. The zero-order valence-electron chi connectivity index (χ0n) is 16.5. The Balaban J connectivity index is 2.21. The van der Waals surface area contributed by atoms with Crippen molar-refractivity contribution in [2.24, 2.45) is 0 Å². The minimum atomic E-state index is -4.63. The average Bonchev–Trinajstić information content (AvgIpc) is 2.71. The summed E-state index contributed by atoms with van der Waals surface area (Å²) < 4.78 is 49.8. The van der Waals surface area contributed by atoms with E-state index in [0.29, 0.717) is 0 Å². The molecule has 7 nitrogen and oxygen atoms in total. The third-order valence-electron chi connectivity index (χ3n) is 3.98. The van der Waals surface area contributed by atoms with Crippen molar-refractivity contribution in [3.63, 3.8) is 0 Å². The summed E-state index contributed by atoms with van der Waals surface area (Å²) in [6.07, 6.45) is -3.17. The van der Waals surface area contributed by atoms with E-state index in [2.05, 4.69) is 10.3 Å². The van der Waals surface area contributed by atoms with Crippen molar-refractivity contribution in [3.05, 3.63) is 53.7 Å². The molecule has 0 saturated carbocycles. The van der Waals surface area contributed by atoms with Gasteiger partial charge in [-0.1, -0.05) is 12.1 Å². The largest absolute Gasteiger partial charge is 0.477 e. The summed E-state index contributed by atoms with van der Waals surface area (Å²) in [5, 5.41) is 2.23. The number of amides is 2. The second-order valence-corrected chi connectivity index (χ2v) is 6.10. The zero-order valence-corrected chi connectivity index (χ0v) is 16.5. The van der Waals surface area contributed by atoms with Gasteiger partial charge in [-0.3, -0.25) is 9.59 Å². The highest BCUT2D eigenvalue weighted by atomic mass is 19.4. The number of nitrogens with one attached hydrogen (secondary N) is 1. The molecule has 2 aromatic rings. The van der Waals surface area contributed by atoms with E-state index in [1.54, 1.807) is 13.0 Å². The van der Waals surface area contributed by atoms with Crippen LogP contribution in [0, 0.1) is 0 Å². The van der Waals surface area contributed by atoms with Gasteiger partial charge in [0.2, 0.25) is 11.8 Å². The smallest absolute Gasteiger partial charge is 0.418 e. The van der Waals surface area contributed by atoms with Crippen molar-refractivity contribution >= 4 is 17.5 Å². The van der Waals surface area contributed by atoms with Crippen LogP contribution in [0.25, 0.3) is 0 Å². The van der Waals surface area contributed by atoms with Crippen LogP contribution in [0.3, 0.4) is 0 Å². The standard InChI is InChI=1S/C20H22F3N3O4/c1-3-30-18-14(7-6-10-24-18)19(28)26(11-12-29-2)13-17(27)25-16-9-5-4-8-15(16)20(21,22)23/h4-10H,3,11-13H2,1-2H3,(H,25,27). The fourth-order valence-corrected chi connectivity index (χ4v) is 2.63. The summed E-state index contributed by atoms with van der Waals surface area (Å²) in [6.45, 7) is 1.71. The number of methoxy groups -OCH3 is 1. The SMILES string of the molecule is CCOc1ncccc1C(=O)N(CCOC)CC(=O)Nc1ccccc1C(F)(F)F. The average molecular weight is 425 g/mol. The summed E-state index contributed by atoms with van der Waals surface area (Å²) in [7, 11) is 1.43. The maximum absolute atomic E-state index is 13.1. The normalized spacial score (nSPS) is 11.1. The minimum absolute atomic E-state index is 0.0458. The molecule has 1 aromatic heterocycles. The molecule has 30 heavy (non-hydrogen) atoms. The van der Waals surface area contributed by atoms with Crippen LogP contribution in [0.2, 0.25) is 0 Å². The van der Waals surface area contributed by atoms with Crippen molar-refractivity contribution < 1.29 is 32.2 Å². The molecule has 0 aliphatic heterocycles. The predicted octanol–water partition coefficient (Wildman–Crippen LogP) is 3.23. The van der Waals surface area contributed by atoms with Crippen molar-refractivity contribution in [2.75, 3.05) is 38.7 Å². The Hall–Kier alpha value is -3.14. The number of rotatable bonds is 9. The third kappa shape index (κ3) is 6.18. The number of benzene rings is 1. The molecule has 0 aliphatic rings. The van der Waals surface area contributed by atoms with Crippen molar-refractivity contribution in [1.29, 1.82) is 0 Å². The van der Waals surface area contributed by atoms with Crippen molar-refractivity contribution in [3.8, 4) is 5.88 Å². The van der Waals surface area contributed by atoms with Gasteiger partial charge in [0, 0.05) is 19.9 Å². The Kier molecular flexibility index (Phi) is 8.16. The fourth-order valence-electron chi connectivity index (χ4n) is 2.63. The molecule has 0 unspecified atom stereocenters. The zero-order chi connectivity index (χ0) is 22.1. The predicted molar refractivity (Wildman–Crippen MR) is 103 cm³/mol.